The topological polar surface area (TPSA) is 56.7 Å². The lowest BCUT2D eigenvalue weighted by molar-refractivity contribution is 0.669. The van der Waals surface area contributed by atoms with Crippen molar-refractivity contribution in [1.29, 1.82) is 0 Å². The summed E-state index contributed by atoms with van der Waals surface area (Å²) in [4.78, 5) is 15.3. The second kappa shape index (κ2) is 11.4. The van der Waals surface area contributed by atoms with Crippen LogP contribution in [0.1, 0.15) is 0 Å². The third-order valence-corrected chi connectivity index (χ3v) is 9.48. The number of nitrogens with zero attached hydrogens (tertiary/aromatic N) is 4. The van der Waals surface area contributed by atoms with Gasteiger partial charge >= 0.3 is 0 Å². The van der Waals surface area contributed by atoms with E-state index < -0.39 is 0 Å². The Morgan fingerprint density at radius 3 is 1.80 bits per heavy atom. The van der Waals surface area contributed by atoms with Crippen molar-refractivity contribution in [3.8, 4) is 51.0 Å². The molecule has 50 heavy (non-hydrogen) atoms. The normalized spacial score (nSPS) is 11.6. The van der Waals surface area contributed by atoms with Crippen LogP contribution >= 0.6 is 0 Å². The fraction of sp³-hybridized carbons (Fsp3) is 0. The molecule has 0 unspecified atom stereocenters. The monoisotopic (exact) mass is 640 g/mol. The summed E-state index contributed by atoms with van der Waals surface area (Å²) in [6.45, 7) is 0. The maximum atomic E-state index is 6.48. The molecule has 0 saturated carbocycles. The highest BCUT2D eigenvalue weighted by Crippen LogP contribution is 2.39. The predicted octanol–water partition coefficient (Wildman–Crippen LogP) is 11.5. The van der Waals surface area contributed by atoms with E-state index in [1.165, 1.54) is 5.56 Å². The quantitative estimate of drug-likeness (QED) is 0.188. The first-order chi connectivity index (χ1) is 24.8. The first-order valence-corrected chi connectivity index (χ1v) is 16.7. The average Bonchev–Trinajstić information content (AvgIpc) is 3.74. The molecule has 0 amide bonds. The third-order valence-electron chi connectivity index (χ3n) is 9.48. The lowest BCUT2D eigenvalue weighted by atomic mass is 9.99. The van der Waals surface area contributed by atoms with Crippen LogP contribution in [0.25, 0.3) is 94.7 Å². The second-order valence-corrected chi connectivity index (χ2v) is 12.5. The zero-order valence-electron chi connectivity index (χ0n) is 26.9. The fourth-order valence-corrected chi connectivity index (χ4v) is 7.13. The Kier molecular flexibility index (Phi) is 6.42. The summed E-state index contributed by atoms with van der Waals surface area (Å²) in [5, 5.41) is 4.43. The van der Waals surface area contributed by atoms with Crippen LogP contribution in [0.15, 0.2) is 174 Å². The summed E-state index contributed by atoms with van der Waals surface area (Å²) in [6, 6.07) is 58.6. The van der Waals surface area contributed by atoms with Gasteiger partial charge in [0.05, 0.1) is 11.0 Å². The highest BCUT2D eigenvalue weighted by Gasteiger charge is 2.19. The summed E-state index contributed by atoms with van der Waals surface area (Å²) >= 11 is 0. The number of hydrogen-bond acceptors (Lipinski definition) is 4. The van der Waals surface area contributed by atoms with Crippen LogP contribution in [0.5, 0.6) is 0 Å². The Morgan fingerprint density at radius 2 is 1.02 bits per heavy atom. The number of furan rings is 1. The molecule has 234 valence electrons. The van der Waals surface area contributed by atoms with E-state index in [0.29, 0.717) is 17.6 Å². The SMILES string of the molecule is c1ccc(-c2ccc3c(c2)c2ccccc2n3-c2nc(-c3ccccc3)nc(-c3ccc4c(c3)oc3cccc(-c5ccccc5)c34)n2)cc1. The van der Waals surface area contributed by atoms with E-state index in [2.05, 4.69) is 120 Å². The van der Waals surface area contributed by atoms with Crippen LogP contribution in [0.4, 0.5) is 0 Å². The Balaban J connectivity index is 1.19. The molecule has 10 aromatic rings. The van der Waals surface area contributed by atoms with Crippen LogP contribution < -0.4 is 0 Å². The average molecular weight is 641 g/mol. The van der Waals surface area contributed by atoms with E-state index in [9.17, 15) is 0 Å². The molecule has 0 atom stereocenters. The van der Waals surface area contributed by atoms with E-state index in [4.69, 9.17) is 19.4 Å². The van der Waals surface area contributed by atoms with Gasteiger partial charge in [0.1, 0.15) is 11.2 Å². The van der Waals surface area contributed by atoms with Crippen LogP contribution in [-0.4, -0.2) is 19.5 Å². The van der Waals surface area contributed by atoms with Crippen LogP contribution in [0, 0.1) is 0 Å². The number of benzene rings is 7. The van der Waals surface area contributed by atoms with Gasteiger partial charge in [0.2, 0.25) is 5.95 Å². The maximum Gasteiger partial charge on any atom is 0.238 e. The van der Waals surface area contributed by atoms with Crippen molar-refractivity contribution in [3.05, 3.63) is 170 Å². The van der Waals surface area contributed by atoms with Gasteiger partial charge in [-0.05, 0) is 58.7 Å². The van der Waals surface area contributed by atoms with Crippen LogP contribution in [0.3, 0.4) is 0 Å². The molecule has 0 saturated heterocycles. The van der Waals surface area contributed by atoms with Gasteiger partial charge < -0.3 is 4.42 Å². The van der Waals surface area contributed by atoms with Crippen molar-refractivity contribution in [2.75, 3.05) is 0 Å². The molecule has 3 heterocycles. The highest BCUT2D eigenvalue weighted by atomic mass is 16.3. The Labute approximate surface area is 287 Å². The third kappa shape index (κ3) is 4.60. The molecule has 0 aliphatic rings. The molecule has 0 N–H and O–H groups in total. The number of hydrogen-bond donors (Lipinski definition) is 0. The minimum atomic E-state index is 0.559. The second-order valence-electron chi connectivity index (χ2n) is 12.5. The molecule has 0 spiro atoms. The molecule has 0 aliphatic carbocycles. The predicted molar refractivity (Wildman–Crippen MR) is 203 cm³/mol. The maximum absolute atomic E-state index is 6.48. The molecule has 5 nitrogen and oxygen atoms in total. The molecular formula is C45H28N4O. The number of rotatable bonds is 5. The molecule has 0 fully saturated rings. The Bertz CT molecular complexity index is 2860. The van der Waals surface area contributed by atoms with Crippen LogP contribution in [-0.2, 0) is 0 Å². The van der Waals surface area contributed by atoms with E-state index >= 15 is 0 Å². The molecule has 0 aliphatic heterocycles. The van der Waals surface area contributed by atoms with Gasteiger partial charge in [0.25, 0.3) is 0 Å². The molecule has 5 heteroatoms. The van der Waals surface area contributed by atoms with E-state index in [1.54, 1.807) is 0 Å². The largest absolute Gasteiger partial charge is 0.456 e. The summed E-state index contributed by atoms with van der Waals surface area (Å²) in [7, 11) is 0. The van der Waals surface area contributed by atoms with Gasteiger partial charge in [0.15, 0.2) is 11.6 Å². The van der Waals surface area contributed by atoms with Crippen molar-refractivity contribution in [1.82, 2.24) is 19.5 Å². The van der Waals surface area contributed by atoms with Crippen molar-refractivity contribution >= 4 is 43.7 Å². The van der Waals surface area contributed by atoms with Gasteiger partial charge in [-0.15, -0.1) is 0 Å². The van der Waals surface area contributed by atoms with E-state index in [0.717, 1.165) is 71.6 Å². The first kappa shape index (κ1) is 28.2. The lowest BCUT2D eigenvalue weighted by Crippen LogP contribution is -2.06. The summed E-state index contributed by atoms with van der Waals surface area (Å²) in [5.41, 5.74) is 10.1. The van der Waals surface area contributed by atoms with E-state index in [-0.39, 0.29) is 0 Å². The first-order valence-electron chi connectivity index (χ1n) is 16.7. The Morgan fingerprint density at radius 1 is 0.380 bits per heavy atom. The molecule has 7 aromatic carbocycles. The molecule has 0 bridgehead atoms. The summed E-state index contributed by atoms with van der Waals surface area (Å²) < 4.78 is 8.64. The summed E-state index contributed by atoms with van der Waals surface area (Å²) in [6.07, 6.45) is 0. The molecule has 3 aromatic heterocycles. The smallest absolute Gasteiger partial charge is 0.238 e. The van der Waals surface area contributed by atoms with Gasteiger partial charge in [0, 0.05) is 32.7 Å². The van der Waals surface area contributed by atoms with Gasteiger partial charge in [-0.3, -0.25) is 4.57 Å². The van der Waals surface area contributed by atoms with Crippen LogP contribution in [0.2, 0.25) is 0 Å². The Hall–Kier alpha value is -6.85. The number of aromatic nitrogens is 4. The van der Waals surface area contributed by atoms with Crippen molar-refractivity contribution in [2.24, 2.45) is 0 Å². The van der Waals surface area contributed by atoms with Crippen molar-refractivity contribution in [2.45, 2.75) is 0 Å². The molecular weight excluding hydrogens is 613 g/mol. The number of fused-ring (bicyclic) bond motifs is 6. The summed E-state index contributed by atoms with van der Waals surface area (Å²) in [5.74, 6) is 1.74. The highest BCUT2D eigenvalue weighted by molar-refractivity contribution is 6.13. The van der Waals surface area contributed by atoms with Gasteiger partial charge in [-0.2, -0.15) is 9.97 Å². The van der Waals surface area contributed by atoms with E-state index in [1.807, 2.05) is 54.6 Å². The minimum absolute atomic E-state index is 0.559. The number of para-hydroxylation sites is 1. The molecule has 0 radical (unpaired) electrons. The minimum Gasteiger partial charge on any atom is -0.456 e. The van der Waals surface area contributed by atoms with Gasteiger partial charge in [-0.25, -0.2) is 4.98 Å². The zero-order valence-corrected chi connectivity index (χ0v) is 26.9. The van der Waals surface area contributed by atoms with Crippen molar-refractivity contribution in [3.63, 3.8) is 0 Å². The van der Waals surface area contributed by atoms with Gasteiger partial charge in [-0.1, -0.05) is 133 Å². The lowest BCUT2D eigenvalue weighted by Gasteiger charge is -2.11. The zero-order chi connectivity index (χ0) is 33.0. The van der Waals surface area contributed by atoms with Crippen molar-refractivity contribution < 1.29 is 4.42 Å². The molecule has 10 rings (SSSR count). The fourth-order valence-electron chi connectivity index (χ4n) is 7.13. The standard InChI is InChI=1S/C45H28N4O/c1-4-13-29(14-5-1)32-24-26-39-37(27-32)35-19-10-11-21-38(35)49(39)45-47-43(31-17-8-3-9-18-31)46-44(48-45)33-23-25-36-41(28-33)50-40-22-12-20-34(42(36)40)30-15-6-2-7-16-30/h1-28H.